The molecule has 1 aromatic rings. The summed E-state index contributed by atoms with van der Waals surface area (Å²) in [6.07, 6.45) is 1.12. The smallest absolute Gasteiger partial charge is 0.134 e. The van der Waals surface area contributed by atoms with Crippen LogP contribution in [0, 0.1) is 19.8 Å². The molecule has 0 radical (unpaired) electrons. The number of pyridine rings is 1. The molecule has 3 heteroatoms. The van der Waals surface area contributed by atoms with Crippen LogP contribution >= 0.6 is 0 Å². The van der Waals surface area contributed by atoms with Crippen molar-refractivity contribution in [2.75, 3.05) is 11.9 Å². The molecule has 0 spiro atoms. The second-order valence-electron chi connectivity index (χ2n) is 5.63. The fraction of sp³-hybridized carbons (Fsp3) is 0.667. The molecule has 0 aromatic carbocycles. The normalized spacial score (nSPS) is 12.9. The molecule has 1 atom stereocenters. The lowest BCUT2D eigenvalue weighted by molar-refractivity contribution is 0.280. The third-order valence-corrected chi connectivity index (χ3v) is 3.42. The largest absolute Gasteiger partial charge is 0.392 e. The highest BCUT2D eigenvalue weighted by atomic mass is 16.3. The van der Waals surface area contributed by atoms with Gasteiger partial charge in [0.05, 0.1) is 6.61 Å². The van der Waals surface area contributed by atoms with Crippen LogP contribution in [0.5, 0.6) is 0 Å². The zero-order valence-corrected chi connectivity index (χ0v) is 12.5. The van der Waals surface area contributed by atoms with E-state index >= 15 is 0 Å². The van der Waals surface area contributed by atoms with E-state index in [-0.39, 0.29) is 6.61 Å². The Morgan fingerprint density at radius 2 is 1.89 bits per heavy atom. The third-order valence-electron chi connectivity index (χ3n) is 3.42. The molecular weight excluding hydrogens is 224 g/mol. The van der Waals surface area contributed by atoms with Crippen LogP contribution in [0.1, 0.15) is 44.0 Å². The van der Waals surface area contributed by atoms with E-state index < -0.39 is 0 Å². The van der Waals surface area contributed by atoms with Crippen molar-refractivity contribution >= 4 is 5.82 Å². The molecule has 0 aliphatic heterocycles. The standard InChI is InChI=1S/C15H26N2O/c1-10(2)7-13(5)17(6)15-14(9-18)11(3)8-12(4)16-15/h8,10,13,18H,7,9H2,1-6H3. The summed E-state index contributed by atoms with van der Waals surface area (Å²) in [4.78, 5) is 6.79. The highest BCUT2D eigenvalue weighted by Gasteiger charge is 2.17. The van der Waals surface area contributed by atoms with Crippen molar-refractivity contribution in [1.82, 2.24) is 4.98 Å². The van der Waals surface area contributed by atoms with E-state index in [1.54, 1.807) is 0 Å². The number of aromatic nitrogens is 1. The average molecular weight is 250 g/mol. The van der Waals surface area contributed by atoms with Crippen molar-refractivity contribution < 1.29 is 5.11 Å². The van der Waals surface area contributed by atoms with Crippen molar-refractivity contribution in [1.29, 1.82) is 0 Å². The first kappa shape index (κ1) is 15.0. The van der Waals surface area contributed by atoms with Crippen molar-refractivity contribution in [2.45, 2.75) is 53.7 Å². The first-order valence-electron chi connectivity index (χ1n) is 6.67. The summed E-state index contributed by atoms with van der Waals surface area (Å²) in [5.74, 6) is 1.58. The molecule has 0 saturated heterocycles. The number of anilines is 1. The highest BCUT2D eigenvalue weighted by molar-refractivity contribution is 5.51. The van der Waals surface area contributed by atoms with Gasteiger partial charge in [-0.1, -0.05) is 13.8 Å². The molecule has 0 saturated carbocycles. The quantitative estimate of drug-likeness (QED) is 0.872. The van der Waals surface area contributed by atoms with Gasteiger partial charge in [-0.15, -0.1) is 0 Å². The van der Waals surface area contributed by atoms with Gasteiger partial charge in [-0.2, -0.15) is 0 Å². The number of nitrogens with zero attached hydrogens (tertiary/aromatic N) is 2. The van der Waals surface area contributed by atoms with Gasteiger partial charge in [-0.3, -0.25) is 0 Å². The molecular formula is C15H26N2O. The van der Waals surface area contributed by atoms with Crippen LogP contribution < -0.4 is 4.90 Å². The van der Waals surface area contributed by atoms with Crippen LogP contribution in [0.4, 0.5) is 5.82 Å². The molecule has 0 aliphatic rings. The fourth-order valence-corrected chi connectivity index (χ4v) is 2.38. The number of hydrogen-bond donors (Lipinski definition) is 1. The van der Waals surface area contributed by atoms with Crippen LogP contribution in [0.3, 0.4) is 0 Å². The van der Waals surface area contributed by atoms with Gasteiger partial charge in [0.2, 0.25) is 0 Å². The highest BCUT2D eigenvalue weighted by Crippen LogP contribution is 2.24. The van der Waals surface area contributed by atoms with E-state index in [2.05, 4.69) is 37.7 Å². The van der Waals surface area contributed by atoms with Crippen LogP contribution in [0.25, 0.3) is 0 Å². The van der Waals surface area contributed by atoms with Gasteiger partial charge in [-0.25, -0.2) is 4.98 Å². The third kappa shape index (κ3) is 3.45. The van der Waals surface area contributed by atoms with Crippen molar-refractivity contribution in [3.05, 3.63) is 22.9 Å². The minimum atomic E-state index is 0.0488. The maximum Gasteiger partial charge on any atom is 0.134 e. The summed E-state index contributed by atoms with van der Waals surface area (Å²) < 4.78 is 0. The minimum Gasteiger partial charge on any atom is -0.392 e. The average Bonchev–Trinajstić information content (AvgIpc) is 2.26. The van der Waals surface area contributed by atoms with Gasteiger partial charge in [0, 0.05) is 24.3 Å². The van der Waals surface area contributed by atoms with E-state index in [0.29, 0.717) is 12.0 Å². The first-order valence-corrected chi connectivity index (χ1v) is 6.67. The summed E-state index contributed by atoms with van der Waals surface area (Å²) in [7, 11) is 2.06. The molecule has 102 valence electrons. The zero-order chi connectivity index (χ0) is 13.9. The predicted molar refractivity (Wildman–Crippen MR) is 77.0 cm³/mol. The number of aliphatic hydroxyl groups is 1. The number of aryl methyl sites for hydroxylation is 2. The maximum atomic E-state index is 9.54. The Bertz CT molecular complexity index is 402. The predicted octanol–water partition coefficient (Wildman–Crippen LogP) is 3.06. The minimum absolute atomic E-state index is 0.0488. The van der Waals surface area contributed by atoms with Gasteiger partial charge >= 0.3 is 0 Å². The first-order chi connectivity index (χ1) is 8.36. The van der Waals surface area contributed by atoms with Gasteiger partial charge in [0.15, 0.2) is 0 Å². The second kappa shape index (κ2) is 6.19. The molecule has 18 heavy (non-hydrogen) atoms. The summed E-state index contributed by atoms with van der Waals surface area (Å²) in [5, 5.41) is 9.54. The topological polar surface area (TPSA) is 36.4 Å². The Morgan fingerprint density at radius 3 is 2.39 bits per heavy atom. The van der Waals surface area contributed by atoms with Gasteiger partial charge in [0.25, 0.3) is 0 Å². The Balaban J connectivity index is 3.07. The van der Waals surface area contributed by atoms with Crippen molar-refractivity contribution in [2.24, 2.45) is 5.92 Å². The SMILES string of the molecule is Cc1cc(C)c(CO)c(N(C)C(C)CC(C)C)n1. The van der Waals surface area contributed by atoms with E-state index in [1.165, 1.54) is 0 Å². The van der Waals surface area contributed by atoms with Gasteiger partial charge < -0.3 is 10.0 Å². The Kier molecular flexibility index (Phi) is 5.15. The molecule has 0 amide bonds. The zero-order valence-electron chi connectivity index (χ0n) is 12.5. The molecule has 0 fully saturated rings. The number of aliphatic hydroxyl groups excluding tert-OH is 1. The second-order valence-corrected chi connectivity index (χ2v) is 5.63. The lowest BCUT2D eigenvalue weighted by Crippen LogP contribution is -2.32. The molecule has 1 unspecified atom stereocenters. The summed E-state index contributed by atoms with van der Waals surface area (Å²) in [5.41, 5.74) is 3.06. The lowest BCUT2D eigenvalue weighted by atomic mass is 10.0. The monoisotopic (exact) mass is 250 g/mol. The Morgan fingerprint density at radius 1 is 1.28 bits per heavy atom. The molecule has 0 bridgehead atoms. The fourth-order valence-electron chi connectivity index (χ4n) is 2.38. The van der Waals surface area contributed by atoms with E-state index in [1.807, 2.05) is 19.9 Å². The number of hydrogen-bond acceptors (Lipinski definition) is 3. The summed E-state index contributed by atoms with van der Waals surface area (Å²) in [6, 6.07) is 2.44. The van der Waals surface area contributed by atoms with Crippen LogP contribution in [-0.4, -0.2) is 23.2 Å². The van der Waals surface area contributed by atoms with E-state index in [4.69, 9.17) is 0 Å². The Hall–Kier alpha value is -1.09. The maximum absolute atomic E-state index is 9.54. The molecule has 1 heterocycles. The summed E-state index contributed by atoms with van der Waals surface area (Å²) >= 11 is 0. The van der Waals surface area contributed by atoms with Crippen LogP contribution in [0.15, 0.2) is 6.07 Å². The summed E-state index contributed by atoms with van der Waals surface area (Å²) in [6.45, 7) is 10.7. The molecule has 1 rings (SSSR count). The lowest BCUT2D eigenvalue weighted by Gasteiger charge is -2.29. The van der Waals surface area contributed by atoms with Crippen LogP contribution in [0.2, 0.25) is 0 Å². The molecule has 0 aliphatic carbocycles. The van der Waals surface area contributed by atoms with Crippen molar-refractivity contribution in [3.63, 3.8) is 0 Å². The number of rotatable bonds is 5. The Labute approximate surface area is 111 Å². The van der Waals surface area contributed by atoms with E-state index in [9.17, 15) is 5.11 Å². The van der Waals surface area contributed by atoms with Crippen molar-refractivity contribution in [3.8, 4) is 0 Å². The van der Waals surface area contributed by atoms with E-state index in [0.717, 1.165) is 29.1 Å². The van der Waals surface area contributed by atoms with Crippen LogP contribution in [-0.2, 0) is 6.61 Å². The van der Waals surface area contributed by atoms with Gasteiger partial charge in [-0.05, 0) is 44.7 Å². The molecule has 1 aromatic heterocycles. The molecule has 1 N–H and O–H groups in total. The molecule has 3 nitrogen and oxygen atoms in total. The van der Waals surface area contributed by atoms with Gasteiger partial charge in [0.1, 0.15) is 5.82 Å².